The van der Waals surface area contributed by atoms with Gasteiger partial charge in [-0.25, -0.2) is 9.59 Å². The lowest BCUT2D eigenvalue weighted by Gasteiger charge is -2.14. The van der Waals surface area contributed by atoms with Gasteiger partial charge in [0.2, 0.25) is 28.7 Å². The summed E-state index contributed by atoms with van der Waals surface area (Å²) in [5.41, 5.74) is 0. The van der Waals surface area contributed by atoms with E-state index in [0.29, 0.717) is 12.8 Å². The number of carbonyl (C=O) groups excluding carboxylic acids is 7. The van der Waals surface area contributed by atoms with E-state index in [1.165, 1.54) is 32.6 Å². The molecule has 0 aromatic rings. The molecule has 398 valence electrons. The Morgan fingerprint density at radius 1 is 0.544 bits per heavy atom. The maximum Gasteiger partial charge on any atom is 0.348 e. The Kier molecular flexibility index (Phi) is 57.8. The number of thiol groups is 2. The molecule has 0 saturated heterocycles. The molecule has 0 aromatic heterocycles. The highest BCUT2D eigenvalue weighted by atomic mass is 32.1. The number of aliphatic carboxylic acids is 2. The van der Waals surface area contributed by atoms with E-state index in [1.54, 1.807) is 0 Å². The summed E-state index contributed by atoms with van der Waals surface area (Å²) < 4.78 is 32.7. The van der Waals surface area contributed by atoms with Crippen LogP contribution in [0.4, 0.5) is 4.53 Å². The van der Waals surface area contributed by atoms with Gasteiger partial charge >= 0.3 is 17.9 Å². The molecule has 4 amide bonds. The standard InChI is InChI=1S/C40H69FN4O15S.C2H4O.C2H6.H3NS/c41-60-38(52)16-14-12-10-8-6-4-2-1-3-5-7-9-11-13-15-34(47)44-31(39(53)54)17-19-33(46)42-21-23-56-25-27-58-29-35(48)43-22-24-57-26-28-59-30-36(49)45-32(40(55)61)18-20-37(50)51;1-2-3;2*1-2/h31-32H,1-30H2,(H,42,46)(H,43,48)(H,44,47)(H,45,49)(H,50,51)(H,53,54)(H,55,61);2H,1H3;1-2H3;2H,1H2/t31-,32?;;;/m0.../s1. The lowest BCUT2D eigenvalue weighted by molar-refractivity contribution is -0.183. The smallest absolute Gasteiger partial charge is 0.348 e. The normalized spacial score (nSPS) is 11.0. The Bertz CT molecular complexity index is 1330. The molecule has 1 unspecified atom stereocenters. The maximum absolute atomic E-state index is 12.3. The highest BCUT2D eigenvalue weighted by molar-refractivity contribution is 7.96. The molecule has 68 heavy (non-hydrogen) atoms. The van der Waals surface area contributed by atoms with E-state index in [4.69, 9.17) is 28.8 Å². The second kappa shape index (κ2) is 55.7. The van der Waals surface area contributed by atoms with Gasteiger partial charge in [-0.15, -0.1) is 25.4 Å². The van der Waals surface area contributed by atoms with Crippen LogP contribution in [-0.2, 0) is 67.0 Å². The lowest BCUT2D eigenvalue weighted by atomic mass is 10.0. The molecule has 0 bridgehead atoms. The first kappa shape index (κ1) is 70.6. The van der Waals surface area contributed by atoms with Gasteiger partial charge in [-0.2, -0.15) is 0 Å². The van der Waals surface area contributed by atoms with Gasteiger partial charge in [0.05, 0.1) is 45.7 Å². The number of hydrogen-bond acceptors (Lipinski definition) is 16. The minimum atomic E-state index is -1.20. The third-order valence-electron chi connectivity index (χ3n) is 9.04. The number of halogens is 1. The van der Waals surface area contributed by atoms with Crippen molar-refractivity contribution in [2.75, 3.05) is 65.9 Å². The summed E-state index contributed by atoms with van der Waals surface area (Å²) in [6.07, 6.45) is 15.0. The van der Waals surface area contributed by atoms with Crippen LogP contribution >= 0.6 is 25.4 Å². The second-order valence-corrected chi connectivity index (χ2v) is 15.0. The molecule has 2 atom stereocenters. The number of carboxylic acids is 2. The molecular formula is C44H82FN5O16S2. The summed E-state index contributed by atoms with van der Waals surface area (Å²) in [5.74, 6) is -4.81. The number of ether oxygens (including phenoxy) is 4. The van der Waals surface area contributed by atoms with Crippen LogP contribution in [0.15, 0.2) is 0 Å². The molecule has 0 aliphatic carbocycles. The molecule has 0 saturated carbocycles. The first-order valence-electron chi connectivity index (χ1n) is 23.3. The number of unbranched alkanes of at least 4 members (excludes halogenated alkanes) is 13. The SMILES string of the molecule is CC.CC=O.NS.O=C(O)CCC(NC(=O)COCCOCCNC(=O)COCCOCCNC(=O)CC[C@H](NC(=O)CCCCCCCCCCCCCCCCC(=O)OF)C(=O)O)C(=O)S. The van der Waals surface area contributed by atoms with Crippen molar-refractivity contribution < 1.29 is 81.8 Å². The van der Waals surface area contributed by atoms with Crippen molar-refractivity contribution in [2.45, 2.75) is 161 Å². The van der Waals surface area contributed by atoms with Crippen LogP contribution in [0.2, 0.25) is 0 Å². The van der Waals surface area contributed by atoms with Gasteiger partial charge in [0.25, 0.3) is 0 Å². The van der Waals surface area contributed by atoms with Crippen molar-refractivity contribution in [3.63, 3.8) is 0 Å². The molecule has 0 heterocycles. The third-order valence-corrected chi connectivity index (χ3v) is 9.35. The van der Waals surface area contributed by atoms with Gasteiger partial charge < -0.3 is 55.2 Å². The monoisotopic (exact) mass is 1020 g/mol. The molecule has 0 radical (unpaired) electrons. The highest BCUT2D eigenvalue weighted by Gasteiger charge is 2.21. The fraction of sp³-hybridized carbons (Fsp3) is 0.795. The summed E-state index contributed by atoms with van der Waals surface area (Å²) in [5, 5.41) is 31.9. The Morgan fingerprint density at radius 2 is 0.926 bits per heavy atom. The number of rotatable bonds is 43. The Morgan fingerprint density at radius 3 is 1.35 bits per heavy atom. The number of aldehydes is 1. The number of nitrogens with one attached hydrogen (secondary N) is 4. The van der Waals surface area contributed by atoms with Gasteiger partial charge in [0.1, 0.15) is 25.5 Å². The Labute approximate surface area is 412 Å². The minimum absolute atomic E-state index is 0.0494. The van der Waals surface area contributed by atoms with Crippen molar-refractivity contribution in [1.82, 2.24) is 21.3 Å². The average molecular weight is 1020 g/mol. The summed E-state index contributed by atoms with van der Waals surface area (Å²) in [6.45, 7) is 6.12. The van der Waals surface area contributed by atoms with Crippen LogP contribution in [-0.4, -0.2) is 141 Å². The van der Waals surface area contributed by atoms with Crippen LogP contribution in [0.1, 0.15) is 149 Å². The van der Waals surface area contributed by atoms with Crippen molar-refractivity contribution in [1.29, 1.82) is 0 Å². The molecule has 21 nitrogen and oxygen atoms in total. The zero-order chi connectivity index (χ0) is 52.1. The number of amides is 4. The summed E-state index contributed by atoms with van der Waals surface area (Å²) in [7, 11) is 0. The van der Waals surface area contributed by atoms with Gasteiger partial charge in [-0.3, -0.25) is 38.8 Å². The van der Waals surface area contributed by atoms with E-state index in [1.807, 2.05) is 13.8 Å². The maximum atomic E-state index is 12.3. The van der Waals surface area contributed by atoms with E-state index < -0.39 is 41.0 Å². The minimum Gasteiger partial charge on any atom is -0.481 e. The first-order chi connectivity index (χ1) is 32.8. The first-order valence-corrected chi connectivity index (χ1v) is 24.3. The van der Waals surface area contributed by atoms with Crippen LogP contribution in [0, 0.1) is 0 Å². The van der Waals surface area contributed by atoms with Crippen molar-refractivity contribution >= 4 is 78.4 Å². The molecule has 0 spiro atoms. The van der Waals surface area contributed by atoms with E-state index in [0.717, 1.165) is 57.7 Å². The van der Waals surface area contributed by atoms with Crippen LogP contribution < -0.4 is 26.4 Å². The fourth-order valence-corrected chi connectivity index (χ4v) is 5.90. The van der Waals surface area contributed by atoms with Gasteiger partial charge in [0, 0.05) is 43.3 Å². The molecule has 0 fully saturated rings. The summed E-state index contributed by atoms with van der Waals surface area (Å²) in [4.78, 5) is 105. The molecule has 8 N–H and O–H groups in total. The van der Waals surface area contributed by atoms with Crippen molar-refractivity contribution in [3.05, 3.63) is 0 Å². The Balaban J connectivity index is -0.00000276. The van der Waals surface area contributed by atoms with E-state index >= 15 is 0 Å². The number of carboxylic acid groups (broad SMARTS) is 2. The van der Waals surface area contributed by atoms with Gasteiger partial charge in [-0.1, -0.05) is 90.9 Å². The van der Waals surface area contributed by atoms with Crippen LogP contribution in [0.25, 0.3) is 0 Å². The second-order valence-electron chi connectivity index (χ2n) is 14.6. The summed E-state index contributed by atoms with van der Waals surface area (Å²) in [6, 6.07) is -2.19. The highest BCUT2D eigenvalue weighted by Crippen LogP contribution is 2.14. The zero-order valence-corrected chi connectivity index (χ0v) is 42.2. The van der Waals surface area contributed by atoms with E-state index in [9.17, 15) is 48.0 Å². The quantitative estimate of drug-likeness (QED) is 0.0236. The average Bonchev–Trinajstić information content (AvgIpc) is 3.31. The molecule has 0 rings (SSSR count). The summed E-state index contributed by atoms with van der Waals surface area (Å²) >= 11 is 6.67. The fourth-order valence-electron chi connectivity index (χ4n) is 5.71. The van der Waals surface area contributed by atoms with Crippen LogP contribution in [0.3, 0.4) is 0 Å². The van der Waals surface area contributed by atoms with Crippen molar-refractivity contribution in [2.24, 2.45) is 5.14 Å². The van der Waals surface area contributed by atoms with Crippen molar-refractivity contribution in [3.8, 4) is 0 Å². The van der Waals surface area contributed by atoms with E-state index in [2.05, 4.69) is 56.8 Å². The molecule has 0 aromatic carbocycles. The molecular weight excluding hydrogens is 938 g/mol. The number of nitrogens with two attached hydrogens (primary N) is 1. The predicted molar refractivity (Wildman–Crippen MR) is 258 cm³/mol. The third kappa shape index (κ3) is 54.7. The lowest BCUT2D eigenvalue weighted by Crippen LogP contribution is -2.41. The zero-order valence-electron chi connectivity index (χ0n) is 40.4. The predicted octanol–water partition coefficient (Wildman–Crippen LogP) is 4.13. The van der Waals surface area contributed by atoms with Crippen LogP contribution in [0.5, 0.6) is 0 Å². The van der Waals surface area contributed by atoms with Gasteiger partial charge in [0.15, 0.2) is 0 Å². The molecule has 0 aliphatic heterocycles. The van der Waals surface area contributed by atoms with E-state index in [-0.39, 0.29) is 122 Å². The Hall–Kier alpha value is -3.94. The number of carbonyl (C=O) groups is 9. The molecule has 24 heteroatoms. The van der Waals surface area contributed by atoms with Gasteiger partial charge in [-0.05, 0) is 32.6 Å². The molecule has 0 aliphatic rings. The largest absolute Gasteiger partial charge is 0.481 e. The topological polar surface area (TPSA) is 314 Å². The number of hydrogen-bond donors (Lipinski definition) is 9.